The van der Waals surface area contributed by atoms with Crippen LogP contribution in [0, 0.1) is 0 Å². The second kappa shape index (κ2) is 4.59. The molecule has 1 aromatic carbocycles. The molecule has 1 aromatic heterocycles. The van der Waals surface area contributed by atoms with E-state index in [2.05, 4.69) is 12.1 Å². The highest BCUT2D eigenvalue weighted by Gasteiger charge is 2.20. The van der Waals surface area contributed by atoms with E-state index in [1.807, 2.05) is 24.3 Å². The van der Waals surface area contributed by atoms with Gasteiger partial charge >= 0.3 is 5.97 Å². The van der Waals surface area contributed by atoms with Gasteiger partial charge in [0.1, 0.15) is 5.02 Å². The Morgan fingerprint density at radius 2 is 2.06 bits per heavy atom. The van der Waals surface area contributed by atoms with Gasteiger partial charge in [-0.15, -0.1) is 0 Å². The Kier molecular flexibility index (Phi) is 3.15. The zero-order valence-corrected chi connectivity index (χ0v) is 9.86. The average Bonchev–Trinajstić information content (AvgIpc) is 2.71. The Hall–Kier alpha value is -1.81. The SMILES string of the molecule is CCc1ccc(-c2onc(C(=O)O)c2Cl)cc1. The van der Waals surface area contributed by atoms with Gasteiger partial charge in [-0.1, -0.05) is 47.9 Å². The molecule has 0 radical (unpaired) electrons. The minimum absolute atomic E-state index is 0.0294. The first-order chi connectivity index (χ1) is 8.13. The van der Waals surface area contributed by atoms with Gasteiger partial charge in [0.05, 0.1) is 0 Å². The van der Waals surface area contributed by atoms with Crippen LogP contribution in [-0.4, -0.2) is 16.2 Å². The highest BCUT2D eigenvalue weighted by Crippen LogP contribution is 2.30. The van der Waals surface area contributed by atoms with Crippen LogP contribution in [0.15, 0.2) is 28.8 Å². The molecule has 0 amide bonds. The first-order valence-corrected chi connectivity index (χ1v) is 5.49. The van der Waals surface area contributed by atoms with Crippen LogP contribution in [0.4, 0.5) is 0 Å². The van der Waals surface area contributed by atoms with Gasteiger partial charge in [0.2, 0.25) is 5.69 Å². The van der Waals surface area contributed by atoms with Crippen LogP contribution in [0.5, 0.6) is 0 Å². The van der Waals surface area contributed by atoms with Gasteiger partial charge in [-0.2, -0.15) is 0 Å². The molecule has 17 heavy (non-hydrogen) atoms. The maximum absolute atomic E-state index is 10.8. The minimum Gasteiger partial charge on any atom is -0.476 e. The van der Waals surface area contributed by atoms with Gasteiger partial charge in [-0.3, -0.25) is 0 Å². The number of aromatic nitrogens is 1. The van der Waals surface area contributed by atoms with Crippen LogP contribution in [0.25, 0.3) is 11.3 Å². The predicted molar refractivity (Wildman–Crippen MR) is 63.3 cm³/mol. The van der Waals surface area contributed by atoms with Crippen molar-refractivity contribution in [3.8, 4) is 11.3 Å². The third-order valence-corrected chi connectivity index (χ3v) is 2.81. The topological polar surface area (TPSA) is 63.3 Å². The fourth-order valence-corrected chi connectivity index (χ4v) is 1.74. The fourth-order valence-electron chi connectivity index (χ4n) is 1.48. The van der Waals surface area contributed by atoms with Gasteiger partial charge < -0.3 is 9.63 Å². The lowest BCUT2D eigenvalue weighted by atomic mass is 10.1. The summed E-state index contributed by atoms with van der Waals surface area (Å²) in [6.45, 7) is 2.05. The maximum Gasteiger partial charge on any atom is 0.359 e. The summed E-state index contributed by atoms with van der Waals surface area (Å²) in [5.41, 5.74) is 1.64. The zero-order valence-electron chi connectivity index (χ0n) is 9.11. The summed E-state index contributed by atoms with van der Waals surface area (Å²) < 4.78 is 4.95. The van der Waals surface area contributed by atoms with E-state index in [4.69, 9.17) is 21.2 Å². The average molecular weight is 252 g/mol. The molecule has 0 aliphatic heterocycles. The minimum atomic E-state index is -1.20. The van der Waals surface area contributed by atoms with Crippen molar-refractivity contribution < 1.29 is 14.4 Å². The molecule has 0 saturated carbocycles. The van der Waals surface area contributed by atoms with E-state index in [-0.39, 0.29) is 16.5 Å². The number of nitrogens with zero attached hydrogens (tertiary/aromatic N) is 1. The third kappa shape index (κ3) is 2.17. The molecule has 0 atom stereocenters. The summed E-state index contributed by atoms with van der Waals surface area (Å²) in [7, 11) is 0. The Labute approximate surface area is 103 Å². The normalized spacial score (nSPS) is 10.5. The van der Waals surface area contributed by atoms with Crippen molar-refractivity contribution in [3.05, 3.63) is 40.5 Å². The highest BCUT2D eigenvalue weighted by molar-refractivity contribution is 6.35. The van der Waals surface area contributed by atoms with Gasteiger partial charge in [-0.25, -0.2) is 4.79 Å². The number of carbonyl (C=O) groups is 1. The molecule has 2 aromatic rings. The number of hydrogen-bond donors (Lipinski definition) is 1. The van der Waals surface area contributed by atoms with E-state index in [0.29, 0.717) is 5.56 Å². The predicted octanol–water partition coefficient (Wildman–Crippen LogP) is 3.26. The molecule has 5 heteroatoms. The Balaban J connectivity index is 2.42. The zero-order chi connectivity index (χ0) is 12.4. The van der Waals surface area contributed by atoms with Crippen LogP contribution in [0.1, 0.15) is 23.0 Å². The number of carboxylic acid groups (broad SMARTS) is 1. The van der Waals surface area contributed by atoms with E-state index < -0.39 is 5.97 Å². The molecular weight excluding hydrogens is 242 g/mol. The standard InChI is InChI=1S/C12H10ClNO3/c1-2-7-3-5-8(6-4-7)11-9(13)10(12(15)16)14-17-11/h3-6H,2H2,1H3,(H,15,16). The molecule has 0 fully saturated rings. The number of hydrogen-bond acceptors (Lipinski definition) is 3. The van der Waals surface area contributed by atoms with Gasteiger partial charge in [0.15, 0.2) is 5.76 Å². The number of rotatable bonds is 3. The molecule has 0 bridgehead atoms. The van der Waals surface area contributed by atoms with Crippen molar-refractivity contribution in [2.75, 3.05) is 0 Å². The smallest absolute Gasteiger partial charge is 0.359 e. The maximum atomic E-state index is 10.8. The van der Waals surface area contributed by atoms with Crippen molar-refractivity contribution in [1.82, 2.24) is 5.16 Å². The highest BCUT2D eigenvalue weighted by atomic mass is 35.5. The Morgan fingerprint density at radius 1 is 1.41 bits per heavy atom. The van der Waals surface area contributed by atoms with Crippen molar-refractivity contribution in [3.63, 3.8) is 0 Å². The molecule has 1 N–H and O–H groups in total. The second-order valence-corrected chi connectivity index (χ2v) is 3.91. The van der Waals surface area contributed by atoms with Crippen molar-refractivity contribution in [1.29, 1.82) is 0 Å². The Bertz CT molecular complexity index is 545. The number of carboxylic acids is 1. The molecule has 4 nitrogen and oxygen atoms in total. The van der Waals surface area contributed by atoms with Crippen molar-refractivity contribution in [2.24, 2.45) is 0 Å². The number of aryl methyl sites for hydroxylation is 1. The third-order valence-electron chi connectivity index (χ3n) is 2.46. The van der Waals surface area contributed by atoms with Gasteiger partial charge in [0.25, 0.3) is 0 Å². The van der Waals surface area contributed by atoms with E-state index in [1.165, 1.54) is 5.56 Å². The van der Waals surface area contributed by atoms with Crippen LogP contribution in [0.3, 0.4) is 0 Å². The molecule has 0 saturated heterocycles. The summed E-state index contributed by atoms with van der Waals surface area (Å²) >= 11 is 5.89. The second-order valence-electron chi connectivity index (χ2n) is 3.53. The molecule has 0 aliphatic rings. The lowest BCUT2D eigenvalue weighted by Crippen LogP contribution is -1.96. The van der Waals surface area contributed by atoms with Crippen molar-refractivity contribution in [2.45, 2.75) is 13.3 Å². The van der Waals surface area contributed by atoms with E-state index in [0.717, 1.165) is 6.42 Å². The number of halogens is 1. The van der Waals surface area contributed by atoms with E-state index >= 15 is 0 Å². The molecule has 0 aliphatic carbocycles. The summed E-state index contributed by atoms with van der Waals surface area (Å²) in [4.78, 5) is 10.8. The first-order valence-electron chi connectivity index (χ1n) is 5.11. The fraction of sp³-hybridized carbons (Fsp3) is 0.167. The van der Waals surface area contributed by atoms with Gasteiger partial charge in [-0.05, 0) is 12.0 Å². The van der Waals surface area contributed by atoms with Crippen LogP contribution < -0.4 is 0 Å². The Morgan fingerprint density at radius 3 is 2.53 bits per heavy atom. The van der Waals surface area contributed by atoms with Crippen LogP contribution in [-0.2, 0) is 6.42 Å². The van der Waals surface area contributed by atoms with Crippen molar-refractivity contribution >= 4 is 17.6 Å². The lowest BCUT2D eigenvalue weighted by Gasteiger charge is -1.99. The van der Waals surface area contributed by atoms with E-state index in [9.17, 15) is 4.79 Å². The summed E-state index contributed by atoms with van der Waals surface area (Å²) in [5, 5.41) is 12.3. The van der Waals surface area contributed by atoms with E-state index in [1.54, 1.807) is 0 Å². The number of benzene rings is 1. The summed E-state index contributed by atoms with van der Waals surface area (Å²) in [6.07, 6.45) is 0.935. The van der Waals surface area contributed by atoms with Crippen LogP contribution >= 0.6 is 11.6 Å². The summed E-state index contributed by atoms with van der Waals surface area (Å²) in [6, 6.07) is 7.54. The molecule has 0 spiro atoms. The molecule has 0 unspecified atom stereocenters. The first kappa shape index (κ1) is 11.7. The van der Waals surface area contributed by atoms with Crippen LogP contribution in [0.2, 0.25) is 5.02 Å². The molecule has 1 heterocycles. The molecule has 2 rings (SSSR count). The summed E-state index contributed by atoms with van der Waals surface area (Å²) in [5.74, 6) is -0.915. The lowest BCUT2D eigenvalue weighted by molar-refractivity contribution is 0.0686. The number of aromatic carboxylic acids is 1. The molecule has 88 valence electrons. The monoisotopic (exact) mass is 251 g/mol. The molecular formula is C12H10ClNO3. The quantitative estimate of drug-likeness (QED) is 0.909. The largest absolute Gasteiger partial charge is 0.476 e. The van der Waals surface area contributed by atoms with Gasteiger partial charge in [0, 0.05) is 5.56 Å².